The Morgan fingerprint density at radius 1 is 1.25 bits per heavy atom. The fraction of sp³-hybridized carbons (Fsp3) is 0.417. The molecular weight excluding hydrogens is 218 g/mol. The number of rotatable bonds is 2. The Balaban J connectivity index is 2.14. The molecule has 0 saturated carbocycles. The van der Waals surface area contributed by atoms with E-state index < -0.39 is 0 Å². The summed E-state index contributed by atoms with van der Waals surface area (Å²) in [4.78, 5) is 5.19. The van der Waals surface area contributed by atoms with Crippen molar-refractivity contribution in [1.29, 1.82) is 0 Å². The maximum absolute atomic E-state index is 5.64. The Kier molecular flexibility index (Phi) is 3.41. The zero-order valence-electron chi connectivity index (χ0n) is 9.52. The van der Waals surface area contributed by atoms with E-state index >= 15 is 0 Å². The van der Waals surface area contributed by atoms with Gasteiger partial charge in [-0.3, -0.25) is 0 Å². The summed E-state index contributed by atoms with van der Waals surface area (Å²) in [6.07, 6.45) is 0. The first-order chi connectivity index (χ1) is 7.66. The number of nitrogens with two attached hydrogens (primary N) is 1. The van der Waals surface area contributed by atoms with Crippen LogP contribution in [0, 0.1) is 0 Å². The quantitative estimate of drug-likeness (QED) is 0.777. The number of piperazine rings is 1. The van der Waals surface area contributed by atoms with E-state index in [1.165, 1.54) is 5.69 Å². The molecule has 1 aromatic carbocycles. The third kappa shape index (κ3) is 2.51. The van der Waals surface area contributed by atoms with Gasteiger partial charge in [-0.1, -0.05) is 24.4 Å². The van der Waals surface area contributed by atoms with Gasteiger partial charge in [0.15, 0.2) is 0 Å². The van der Waals surface area contributed by atoms with E-state index in [1.54, 1.807) is 0 Å². The second kappa shape index (κ2) is 4.80. The van der Waals surface area contributed by atoms with Crippen molar-refractivity contribution < 1.29 is 0 Å². The van der Waals surface area contributed by atoms with Crippen molar-refractivity contribution in [2.24, 2.45) is 5.73 Å². The molecule has 0 bridgehead atoms. The molecule has 2 rings (SSSR count). The number of benzene rings is 1. The predicted octanol–water partition coefficient (Wildman–Crippen LogP) is 1.07. The highest BCUT2D eigenvalue weighted by Crippen LogP contribution is 2.17. The molecule has 0 amide bonds. The highest BCUT2D eigenvalue weighted by molar-refractivity contribution is 7.80. The molecule has 0 unspecified atom stereocenters. The number of anilines is 1. The molecule has 86 valence electrons. The molecule has 1 fully saturated rings. The average molecular weight is 235 g/mol. The molecule has 0 aliphatic carbocycles. The van der Waals surface area contributed by atoms with E-state index in [0.717, 1.165) is 31.7 Å². The standard InChI is InChI=1S/C12H17N3S/c1-14-5-7-15(8-6-14)11-4-2-3-10(9-11)12(13)16/h2-4,9H,5-8H2,1H3,(H2,13,16). The zero-order chi connectivity index (χ0) is 11.5. The molecule has 0 aromatic heterocycles. The van der Waals surface area contributed by atoms with E-state index in [9.17, 15) is 0 Å². The summed E-state index contributed by atoms with van der Waals surface area (Å²) in [6, 6.07) is 8.17. The molecule has 1 aromatic rings. The van der Waals surface area contributed by atoms with Crippen LogP contribution in [0.25, 0.3) is 0 Å². The molecule has 0 radical (unpaired) electrons. The first-order valence-corrected chi connectivity index (χ1v) is 5.91. The lowest BCUT2D eigenvalue weighted by atomic mass is 10.1. The smallest absolute Gasteiger partial charge is 0.104 e. The number of hydrogen-bond acceptors (Lipinski definition) is 3. The summed E-state index contributed by atoms with van der Waals surface area (Å²) < 4.78 is 0. The normalized spacial score (nSPS) is 17.4. The Bertz CT molecular complexity index is 384. The number of thiocarbonyl (C=S) groups is 1. The Morgan fingerprint density at radius 3 is 2.56 bits per heavy atom. The van der Waals surface area contributed by atoms with Crippen LogP contribution in [0.15, 0.2) is 24.3 Å². The van der Waals surface area contributed by atoms with Crippen molar-refractivity contribution in [3.05, 3.63) is 29.8 Å². The highest BCUT2D eigenvalue weighted by atomic mass is 32.1. The third-order valence-electron chi connectivity index (χ3n) is 3.00. The second-order valence-corrected chi connectivity index (χ2v) is 4.64. The Labute approximate surface area is 102 Å². The van der Waals surface area contributed by atoms with Gasteiger partial charge in [0.25, 0.3) is 0 Å². The van der Waals surface area contributed by atoms with Crippen LogP contribution >= 0.6 is 12.2 Å². The largest absolute Gasteiger partial charge is 0.389 e. The fourth-order valence-electron chi connectivity index (χ4n) is 1.92. The minimum atomic E-state index is 0.468. The fourth-order valence-corrected chi connectivity index (χ4v) is 2.05. The lowest BCUT2D eigenvalue weighted by molar-refractivity contribution is 0.313. The van der Waals surface area contributed by atoms with E-state index in [0.29, 0.717) is 4.99 Å². The molecule has 1 heterocycles. The number of nitrogens with zero attached hydrogens (tertiary/aromatic N) is 2. The van der Waals surface area contributed by atoms with Gasteiger partial charge in [-0.15, -0.1) is 0 Å². The molecule has 4 heteroatoms. The molecule has 1 aliphatic heterocycles. The van der Waals surface area contributed by atoms with Crippen molar-refractivity contribution in [3.63, 3.8) is 0 Å². The lowest BCUT2D eigenvalue weighted by Crippen LogP contribution is -2.44. The number of likely N-dealkylation sites (N-methyl/N-ethyl adjacent to an activating group) is 1. The van der Waals surface area contributed by atoms with Crippen LogP contribution in [0.1, 0.15) is 5.56 Å². The molecule has 16 heavy (non-hydrogen) atoms. The van der Waals surface area contributed by atoms with Gasteiger partial charge in [-0.2, -0.15) is 0 Å². The average Bonchev–Trinajstić information content (AvgIpc) is 2.30. The summed E-state index contributed by atoms with van der Waals surface area (Å²) in [5.41, 5.74) is 7.81. The summed E-state index contributed by atoms with van der Waals surface area (Å²) in [5.74, 6) is 0. The van der Waals surface area contributed by atoms with Crippen LogP contribution in [0.4, 0.5) is 5.69 Å². The van der Waals surface area contributed by atoms with Crippen LogP contribution < -0.4 is 10.6 Å². The second-order valence-electron chi connectivity index (χ2n) is 4.20. The van der Waals surface area contributed by atoms with Crippen LogP contribution in [0.2, 0.25) is 0 Å². The Morgan fingerprint density at radius 2 is 1.94 bits per heavy atom. The van der Waals surface area contributed by atoms with Crippen LogP contribution in [-0.4, -0.2) is 43.1 Å². The summed E-state index contributed by atoms with van der Waals surface area (Å²) in [5, 5.41) is 0. The van der Waals surface area contributed by atoms with Crippen molar-refractivity contribution >= 4 is 22.9 Å². The number of hydrogen-bond donors (Lipinski definition) is 1. The van der Waals surface area contributed by atoms with Gasteiger partial charge in [0.05, 0.1) is 0 Å². The van der Waals surface area contributed by atoms with Gasteiger partial charge in [0.2, 0.25) is 0 Å². The summed E-state index contributed by atoms with van der Waals surface area (Å²) in [6.45, 7) is 4.35. The molecule has 0 spiro atoms. The van der Waals surface area contributed by atoms with Crippen molar-refractivity contribution in [3.8, 4) is 0 Å². The van der Waals surface area contributed by atoms with Crippen LogP contribution in [-0.2, 0) is 0 Å². The van der Waals surface area contributed by atoms with E-state index in [4.69, 9.17) is 18.0 Å². The van der Waals surface area contributed by atoms with Gasteiger partial charge in [-0.05, 0) is 19.2 Å². The molecule has 0 atom stereocenters. The van der Waals surface area contributed by atoms with Gasteiger partial charge in [0.1, 0.15) is 4.99 Å². The predicted molar refractivity (Wildman–Crippen MR) is 72.0 cm³/mol. The maximum Gasteiger partial charge on any atom is 0.104 e. The monoisotopic (exact) mass is 235 g/mol. The molecule has 2 N–H and O–H groups in total. The van der Waals surface area contributed by atoms with E-state index in [2.05, 4.69) is 29.0 Å². The molecule has 1 saturated heterocycles. The summed E-state index contributed by atoms with van der Waals surface area (Å²) >= 11 is 4.99. The van der Waals surface area contributed by atoms with Gasteiger partial charge < -0.3 is 15.5 Å². The SMILES string of the molecule is CN1CCN(c2cccc(C(N)=S)c2)CC1. The van der Waals surface area contributed by atoms with Gasteiger partial charge >= 0.3 is 0 Å². The van der Waals surface area contributed by atoms with Crippen molar-refractivity contribution in [1.82, 2.24) is 4.90 Å². The van der Waals surface area contributed by atoms with E-state index in [-0.39, 0.29) is 0 Å². The summed E-state index contributed by atoms with van der Waals surface area (Å²) in [7, 11) is 2.16. The minimum absolute atomic E-state index is 0.468. The van der Waals surface area contributed by atoms with Crippen molar-refractivity contribution in [2.75, 3.05) is 38.1 Å². The first kappa shape index (κ1) is 11.4. The molecule has 3 nitrogen and oxygen atoms in total. The van der Waals surface area contributed by atoms with Crippen molar-refractivity contribution in [2.45, 2.75) is 0 Å². The highest BCUT2D eigenvalue weighted by Gasteiger charge is 2.14. The Hall–Kier alpha value is -1.13. The third-order valence-corrected chi connectivity index (χ3v) is 3.23. The maximum atomic E-state index is 5.64. The van der Waals surface area contributed by atoms with Gasteiger partial charge in [0, 0.05) is 37.4 Å². The first-order valence-electron chi connectivity index (χ1n) is 5.50. The zero-order valence-corrected chi connectivity index (χ0v) is 10.3. The minimum Gasteiger partial charge on any atom is -0.389 e. The lowest BCUT2D eigenvalue weighted by Gasteiger charge is -2.34. The topological polar surface area (TPSA) is 32.5 Å². The molecule has 1 aliphatic rings. The van der Waals surface area contributed by atoms with Gasteiger partial charge in [-0.25, -0.2) is 0 Å². The van der Waals surface area contributed by atoms with Crippen LogP contribution in [0.5, 0.6) is 0 Å². The van der Waals surface area contributed by atoms with Crippen LogP contribution in [0.3, 0.4) is 0 Å². The van der Waals surface area contributed by atoms with E-state index in [1.807, 2.05) is 12.1 Å². The molecular formula is C12H17N3S.